The van der Waals surface area contributed by atoms with Crippen LogP contribution in [-0.2, 0) is 37.9 Å². The Hall–Kier alpha value is -1.24. The van der Waals surface area contributed by atoms with Crippen molar-refractivity contribution in [2.24, 2.45) is 0 Å². The van der Waals surface area contributed by atoms with Crippen LogP contribution < -0.4 is 0 Å². The topological polar surface area (TPSA) is 99.6 Å². The summed E-state index contributed by atoms with van der Waals surface area (Å²) in [5.74, 6) is -3.15. The third kappa shape index (κ3) is 3.03. The van der Waals surface area contributed by atoms with Gasteiger partial charge in [-0.25, -0.2) is 9.97 Å². The first kappa shape index (κ1) is 22.0. The minimum atomic E-state index is -0.788. The van der Waals surface area contributed by atoms with E-state index >= 15 is 0 Å². The zero-order valence-corrected chi connectivity index (χ0v) is 20.8. The Morgan fingerprint density at radius 2 is 0.588 bits per heavy atom. The first-order chi connectivity index (χ1) is 15.7. The molecule has 1 aromatic heterocycles. The van der Waals surface area contributed by atoms with Crippen molar-refractivity contribution in [3.8, 4) is 0 Å². The molecular weight excluding hydrogens is 444 g/mol. The van der Waals surface area contributed by atoms with E-state index < -0.39 is 47.6 Å². The van der Waals surface area contributed by atoms with Gasteiger partial charge in [-0.15, -0.1) is 0 Å². The van der Waals surface area contributed by atoms with Crippen LogP contribution in [0.1, 0.15) is 103 Å². The van der Waals surface area contributed by atoms with Crippen LogP contribution in [0.4, 0.5) is 0 Å². The molecule has 0 saturated carbocycles. The predicted molar refractivity (Wildman–Crippen MR) is 113 cm³/mol. The summed E-state index contributed by atoms with van der Waals surface area (Å²) in [5, 5.41) is 0. The Labute approximate surface area is 198 Å². The first-order valence-electron chi connectivity index (χ1n) is 12.1. The molecule has 186 valence electrons. The van der Waals surface area contributed by atoms with Crippen molar-refractivity contribution in [2.75, 3.05) is 0 Å². The Bertz CT molecular complexity index is 909. The van der Waals surface area contributed by atoms with E-state index in [1.807, 2.05) is 55.4 Å². The molecule has 2 aliphatic carbocycles. The Morgan fingerprint density at radius 3 is 0.794 bits per heavy atom. The van der Waals surface area contributed by atoms with Gasteiger partial charge in [0.25, 0.3) is 0 Å². The molecule has 10 heteroatoms. The van der Waals surface area contributed by atoms with Crippen LogP contribution in [-0.4, -0.2) is 57.5 Å². The lowest BCUT2D eigenvalue weighted by Crippen LogP contribution is -2.44. The van der Waals surface area contributed by atoms with Crippen molar-refractivity contribution < 1.29 is 37.9 Å². The van der Waals surface area contributed by atoms with Gasteiger partial charge in [-0.2, -0.15) is 0 Å². The van der Waals surface area contributed by atoms with Crippen LogP contribution in [0.3, 0.4) is 0 Å². The minimum Gasteiger partial charge on any atom is -0.341 e. The SMILES string of the molecule is CC1(C)O[C@H]2[C@@H]3OC(C)(C)O[C@@H]3c3nc4c(nc3[C@H]2O1)[C@H]1OC(C)(C)O[C@H]1[C@@H]1OC(C)(C)O[C@H]41. The molecule has 4 fully saturated rings. The third-order valence-electron chi connectivity index (χ3n) is 7.25. The molecule has 5 heterocycles. The molecule has 1 aromatic rings. The Morgan fingerprint density at radius 1 is 0.382 bits per heavy atom. The molecule has 0 amide bonds. The summed E-state index contributed by atoms with van der Waals surface area (Å²) >= 11 is 0. The van der Waals surface area contributed by atoms with Crippen LogP contribution >= 0.6 is 0 Å². The van der Waals surface area contributed by atoms with E-state index in [9.17, 15) is 0 Å². The highest BCUT2D eigenvalue weighted by atomic mass is 16.8. The van der Waals surface area contributed by atoms with E-state index in [0.717, 1.165) is 0 Å². The maximum Gasteiger partial charge on any atom is 0.164 e. The van der Waals surface area contributed by atoms with Gasteiger partial charge in [0.2, 0.25) is 0 Å². The van der Waals surface area contributed by atoms with Crippen molar-refractivity contribution >= 4 is 0 Å². The minimum absolute atomic E-state index is 0.365. The maximum absolute atomic E-state index is 6.33. The normalized spacial score (nSPS) is 45.6. The van der Waals surface area contributed by atoms with E-state index in [2.05, 4.69) is 0 Å². The molecule has 4 aliphatic heterocycles. The zero-order valence-electron chi connectivity index (χ0n) is 20.8. The second-order valence-corrected chi connectivity index (χ2v) is 11.8. The average Bonchev–Trinajstić information content (AvgIpc) is 3.39. The second kappa shape index (κ2) is 6.36. The van der Waals surface area contributed by atoms with E-state index in [1.54, 1.807) is 0 Å². The number of ether oxygens (including phenoxy) is 8. The van der Waals surface area contributed by atoms with Crippen LogP contribution in [0, 0.1) is 0 Å². The van der Waals surface area contributed by atoms with E-state index in [0.29, 0.717) is 22.8 Å². The van der Waals surface area contributed by atoms with E-state index in [-0.39, 0.29) is 24.4 Å². The number of hydrogen-bond acceptors (Lipinski definition) is 10. The van der Waals surface area contributed by atoms with Gasteiger partial charge in [0, 0.05) is 0 Å². The second-order valence-electron chi connectivity index (χ2n) is 11.8. The number of fused-ring (bicyclic) bond motifs is 12. The molecule has 0 bridgehead atoms. The molecule has 8 atom stereocenters. The van der Waals surface area contributed by atoms with E-state index in [4.69, 9.17) is 47.9 Å². The van der Waals surface area contributed by atoms with Crippen molar-refractivity contribution in [1.82, 2.24) is 9.97 Å². The maximum atomic E-state index is 6.33. The summed E-state index contributed by atoms with van der Waals surface area (Å²) in [6, 6.07) is 0. The van der Waals surface area contributed by atoms with Gasteiger partial charge in [-0.1, -0.05) is 0 Å². The van der Waals surface area contributed by atoms with Crippen LogP contribution in [0.25, 0.3) is 0 Å². The summed E-state index contributed by atoms with van der Waals surface area (Å²) in [5.41, 5.74) is 2.78. The largest absolute Gasteiger partial charge is 0.341 e. The number of aromatic nitrogens is 2. The monoisotopic (exact) mass is 476 g/mol. The van der Waals surface area contributed by atoms with Crippen molar-refractivity contribution in [2.45, 2.75) is 127 Å². The predicted octanol–water partition coefficient (Wildman–Crippen LogP) is 3.27. The summed E-state index contributed by atoms with van der Waals surface area (Å²) in [6.07, 6.45) is -3.22. The lowest BCUT2D eigenvalue weighted by atomic mass is 9.86. The van der Waals surface area contributed by atoms with Gasteiger partial charge < -0.3 is 37.9 Å². The smallest absolute Gasteiger partial charge is 0.164 e. The van der Waals surface area contributed by atoms with Gasteiger partial charge >= 0.3 is 0 Å². The van der Waals surface area contributed by atoms with Crippen LogP contribution in [0.15, 0.2) is 0 Å². The molecule has 6 aliphatic rings. The van der Waals surface area contributed by atoms with Crippen LogP contribution in [0.2, 0.25) is 0 Å². The van der Waals surface area contributed by atoms with Gasteiger partial charge in [0.15, 0.2) is 23.1 Å². The van der Waals surface area contributed by atoms with Crippen molar-refractivity contribution in [1.29, 1.82) is 0 Å². The van der Waals surface area contributed by atoms with Gasteiger partial charge in [-0.3, -0.25) is 0 Å². The summed E-state index contributed by atoms with van der Waals surface area (Å²) in [4.78, 5) is 10.3. The Kier molecular flexibility index (Phi) is 4.11. The molecule has 0 spiro atoms. The molecule has 0 radical (unpaired) electrons. The molecule has 7 rings (SSSR count). The molecule has 0 unspecified atom stereocenters. The standard InChI is InChI=1S/C24H32N2O8/c1-21(2)27-13-9-10(14-18(17(13)31-21)32-22(3,4)28-14)26-12-11(25-9)15-19(33-23(5,6)29-15)20-16(12)30-24(7,8)34-20/h13-20H,1-8H3/t13-,14-,15-,16-,17-,18-,19-,20-/m1/s1. The summed E-state index contributed by atoms with van der Waals surface area (Å²) < 4.78 is 50.4. The lowest BCUT2D eigenvalue weighted by Gasteiger charge is -2.36. The quantitative estimate of drug-likeness (QED) is 0.555. The van der Waals surface area contributed by atoms with Crippen molar-refractivity contribution in [3.63, 3.8) is 0 Å². The van der Waals surface area contributed by atoms with Crippen molar-refractivity contribution in [3.05, 3.63) is 22.8 Å². The fraction of sp³-hybridized carbons (Fsp3) is 0.833. The number of hydrogen-bond donors (Lipinski definition) is 0. The zero-order chi connectivity index (χ0) is 24.0. The molecule has 0 aromatic carbocycles. The van der Waals surface area contributed by atoms with E-state index in [1.165, 1.54) is 0 Å². The van der Waals surface area contributed by atoms with Gasteiger partial charge in [0.05, 0.1) is 22.8 Å². The molecular formula is C24H32N2O8. The molecule has 0 N–H and O–H groups in total. The highest BCUT2D eigenvalue weighted by Gasteiger charge is 2.63. The fourth-order valence-electron chi connectivity index (χ4n) is 6.29. The highest BCUT2D eigenvalue weighted by molar-refractivity contribution is 5.36. The molecule has 10 nitrogen and oxygen atoms in total. The molecule has 4 saturated heterocycles. The highest BCUT2D eigenvalue weighted by Crippen LogP contribution is 2.57. The van der Waals surface area contributed by atoms with Gasteiger partial charge in [0.1, 0.15) is 48.8 Å². The first-order valence-corrected chi connectivity index (χ1v) is 12.1. The Balaban J connectivity index is 1.41. The fourth-order valence-corrected chi connectivity index (χ4v) is 6.29. The lowest BCUT2D eigenvalue weighted by molar-refractivity contribution is -0.175. The summed E-state index contributed by atoms with van der Waals surface area (Å²) in [7, 11) is 0. The number of nitrogens with zero attached hydrogens (tertiary/aromatic N) is 2. The summed E-state index contributed by atoms with van der Waals surface area (Å²) in [6.45, 7) is 15.2. The number of rotatable bonds is 0. The third-order valence-corrected chi connectivity index (χ3v) is 7.25. The van der Waals surface area contributed by atoms with Gasteiger partial charge in [-0.05, 0) is 55.4 Å². The molecule has 34 heavy (non-hydrogen) atoms. The average molecular weight is 477 g/mol. The van der Waals surface area contributed by atoms with Crippen LogP contribution in [0.5, 0.6) is 0 Å².